The van der Waals surface area contributed by atoms with Crippen molar-refractivity contribution in [3.05, 3.63) is 59.7 Å². The van der Waals surface area contributed by atoms with E-state index >= 15 is 0 Å². The quantitative estimate of drug-likeness (QED) is 0.0915. The van der Waals surface area contributed by atoms with Crippen LogP contribution in [-0.4, -0.2) is 38.7 Å². The van der Waals surface area contributed by atoms with Crippen molar-refractivity contribution in [3.8, 4) is 11.5 Å². The number of rotatable bonds is 25. The molecule has 2 rings (SSSR count). The first-order valence-electron chi connectivity index (χ1n) is 16.3. The fourth-order valence-electron chi connectivity index (χ4n) is 4.61. The summed E-state index contributed by atoms with van der Waals surface area (Å²) in [6.45, 7) is 7.48. The first kappa shape index (κ1) is 33.6. The van der Waals surface area contributed by atoms with Gasteiger partial charge in [0.1, 0.15) is 11.5 Å². The lowest BCUT2D eigenvalue weighted by atomic mass is 10.1. The maximum atomic E-state index is 5.89. The number of hydrogen-bond donors (Lipinski definition) is 0. The van der Waals surface area contributed by atoms with E-state index in [1.807, 2.05) is 36.7 Å². The zero-order valence-electron chi connectivity index (χ0n) is 25.6. The average molecular weight is 549 g/mol. The Labute approximate surface area is 245 Å². The Balaban J connectivity index is 1.50. The first-order valence-corrected chi connectivity index (χ1v) is 16.3. The molecule has 0 fully saturated rings. The predicted octanol–water partition coefficient (Wildman–Crippen LogP) is 10.3. The number of aliphatic imine (C=N–C) groups is 2. The molecule has 0 N–H and O–H groups in total. The van der Waals surface area contributed by atoms with Crippen molar-refractivity contribution in [1.29, 1.82) is 0 Å². The van der Waals surface area contributed by atoms with Crippen molar-refractivity contribution < 1.29 is 9.47 Å². The zero-order chi connectivity index (χ0) is 28.4. The van der Waals surface area contributed by atoms with E-state index in [0.29, 0.717) is 13.1 Å². The van der Waals surface area contributed by atoms with Crippen LogP contribution in [0.25, 0.3) is 0 Å². The van der Waals surface area contributed by atoms with Gasteiger partial charge in [0.2, 0.25) is 0 Å². The van der Waals surface area contributed by atoms with Gasteiger partial charge >= 0.3 is 0 Å². The monoisotopic (exact) mass is 548 g/mol. The van der Waals surface area contributed by atoms with Crippen molar-refractivity contribution >= 4 is 12.4 Å². The van der Waals surface area contributed by atoms with E-state index in [9.17, 15) is 0 Å². The number of ether oxygens (including phenoxy) is 2. The van der Waals surface area contributed by atoms with Gasteiger partial charge < -0.3 is 9.47 Å². The summed E-state index contributed by atoms with van der Waals surface area (Å²) < 4.78 is 11.8. The highest BCUT2D eigenvalue weighted by atomic mass is 16.5. The Bertz CT molecular complexity index is 815. The molecule has 2 aromatic carbocycles. The normalized spacial score (nSPS) is 11.6. The van der Waals surface area contributed by atoms with Crippen molar-refractivity contribution in [2.24, 2.45) is 9.98 Å². The molecule has 0 saturated carbocycles. The van der Waals surface area contributed by atoms with Crippen LogP contribution in [0.5, 0.6) is 11.5 Å². The molecule has 222 valence electrons. The van der Waals surface area contributed by atoms with Crippen LogP contribution < -0.4 is 9.47 Å². The molecule has 0 aliphatic carbocycles. The van der Waals surface area contributed by atoms with Crippen molar-refractivity contribution in [2.45, 2.75) is 117 Å². The summed E-state index contributed by atoms with van der Waals surface area (Å²) in [6, 6.07) is 16.4. The molecule has 0 saturated heterocycles. The maximum absolute atomic E-state index is 5.89. The fraction of sp³-hybridized carbons (Fsp3) is 0.611. The van der Waals surface area contributed by atoms with Gasteiger partial charge in [-0.25, -0.2) is 0 Å². The average Bonchev–Trinajstić information content (AvgIpc) is 2.98. The van der Waals surface area contributed by atoms with Crippen molar-refractivity contribution in [3.63, 3.8) is 0 Å². The molecule has 0 spiro atoms. The number of hydrogen-bond acceptors (Lipinski definition) is 4. The van der Waals surface area contributed by atoms with Gasteiger partial charge in [-0.15, -0.1) is 0 Å². The molecule has 0 heterocycles. The van der Waals surface area contributed by atoms with E-state index in [1.165, 1.54) is 89.9 Å². The minimum atomic E-state index is 0.674. The van der Waals surface area contributed by atoms with Crippen LogP contribution >= 0.6 is 0 Å². The van der Waals surface area contributed by atoms with Crippen LogP contribution in [0, 0.1) is 0 Å². The minimum Gasteiger partial charge on any atom is -0.494 e. The molecule has 4 heteroatoms. The molecule has 0 aliphatic heterocycles. The SMILES string of the molecule is CCCCCCCCCCOc1ccc(C=NCCN=Cc2ccc(OCCCCCCCCCC)cc2)cc1. The Morgan fingerprint density at radius 2 is 0.775 bits per heavy atom. The lowest BCUT2D eigenvalue weighted by molar-refractivity contribution is 0.304. The van der Waals surface area contributed by atoms with Gasteiger partial charge in [0.05, 0.1) is 26.3 Å². The minimum absolute atomic E-state index is 0.674. The number of unbranched alkanes of at least 4 members (excludes halogenated alkanes) is 14. The lowest BCUT2D eigenvalue weighted by Gasteiger charge is -2.06. The molecule has 0 bridgehead atoms. The van der Waals surface area contributed by atoms with Gasteiger partial charge in [-0.2, -0.15) is 0 Å². The summed E-state index contributed by atoms with van der Waals surface area (Å²) in [5, 5.41) is 0. The number of benzene rings is 2. The van der Waals surface area contributed by atoms with E-state index in [2.05, 4.69) is 48.1 Å². The number of nitrogens with zero attached hydrogens (tertiary/aromatic N) is 2. The summed E-state index contributed by atoms with van der Waals surface area (Å²) in [4.78, 5) is 9.03. The molecule has 0 aromatic heterocycles. The molecule has 0 aliphatic rings. The summed E-state index contributed by atoms with van der Waals surface area (Å²) in [5.74, 6) is 1.88. The Kier molecular flexibility index (Phi) is 20.3. The smallest absolute Gasteiger partial charge is 0.119 e. The lowest BCUT2D eigenvalue weighted by Crippen LogP contribution is -1.97. The molecular weight excluding hydrogens is 492 g/mol. The van der Waals surface area contributed by atoms with Gasteiger partial charge in [-0.3, -0.25) is 9.98 Å². The fourth-order valence-corrected chi connectivity index (χ4v) is 4.61. The van der Waals surface area contributed by atoms with Crippen LogP contribution in [0.4, 0.5) is 0 Å². The molecule has 0 radical (unpaired) electrons. The maximum Gasteiger partial charge on any atom is 0.119 e. The second-order valence-electron chi connectivity index (χ2n) is 10.9. The van der Waals surface area contributed by atoms with E-state index in [1.54, 1.807) is 0 Å². The predicted molar refractivity (Wildman–Crippen MR) is 174 cm³/mol. The van der Waals surface area contributed by atoms with Crippen LogP contribution in [-0.2, 0) is 0 Å². The molecule has 0 unspecified atom stereocenters. The van der Waals surface area contributed by atoms with Gasteiger partial charge in [-0.1, -0.05) is 104 Å². The Morgan fingerprint density at radius 1 is 0.450 bits per heavy atom. The standard InChI is InChI=1S/C36H56N2O2/c1-3-5-7-9-11-13-15-17-29-39-35-23-19-33(20-24-35)31-37-27-28-38-32-34-21-25-36(26-22-34)40-30-18-16-14-12-10-8-6-4-2/h19-26,31-32H,3-18,27-30H2,1-2H3. The summed E-state index contributed by atoms with van der Waals surface area (Å²) in [7, 11) is 0. The van der Waals surface area contributed by atoms with Crippen molar-refractivity contribution in [2.75, 3.05) is 26.3 Å². The van der Waals surface area contributed by atoms with Gasteiger partial charge in [0, 0.05) is 12.4 Å². The molecule has 0 atom stereocenters. The zero-order valence-corrected chi connectivity index (χ0v) is 25.6. The van der Waals surface area contributed by atoms with Gasteiger partial charge in [-0.05, 0) is 72.5 Å². The molecule has 0 amide bonds. The van der Waals surface area contributed by atoms with E-state index < -0.39 is 0 Å². The molecule has 2 aromatic rings. The first-order chi connectivity index (χ1) is 19.8. The highest BCUT2D eigenvalue weighted by molar-refractivity contribution is 5.80. The topological polar surface area (TPSA) is 43.2 Å². The third-order valence-corrected chi connectivity index (χ3v) is 7.13. The Hall–Kier alpha value is -2.62. The molecular formula is C36H56N2O2. The summed E-state index contributed by atoms with van der Waals surface area (Å²) in [6.07, 6.45) is 24.9. The largest absolute Gasteiger partial charge is 0.494 e. The van der Waals surface area contributed by atoms with Crippen LogP contribution in [0.15, 0.2) is 58.5 Å². The third-order valence-electron chi connectivity index (χ3n) is 7.13. The van der Waals surface area contributed by atoms with Gasteiger partial charge in [0.15, 0.2) is 0 Å². The Morgan fingerprint density at radius 3 is 1.12 bits per heavy atom. The molecule has 40 heavy (non-hydrogen) atoms. The van der Waals surface area contributed by atoms with E-state index in [0.717, 1.165) is 48.7 Å². The van der Waals surface area contributed by atoms with Crippen LogP contribution in [0.2, 0.25) is 0 Å². The van der Waals surface area contributed by atoms with Crippen LogP contribution in [0.1, 0.15) is 128 Å². The second-order valence-corrected chi connectivity index (χ2v) is 10.9. The van der Waals surface area contributed by atoms with E-state index in [-0.39, 0.29) is 0 Å². The van der Waals surface area contributed by atoms with Gasteiger partial charge in [0.25, 0.3) is 0 Å². The highest BCUT2D eigenvalue weighted by Gasteiger charge is 1.97. The summed E-state index contributed by atoms with van der Waals surface area (Å²) >= 11 is 0. The molecule has 4 nitrogen and oxygen atoms in total. The van der Waals surface area contributed by atoms with Crippen LogP contribution in [0.3, 0.4) is 0 Å². The second kappa shape index (κ2) is 24.2. The van der Waals surface area contributed by atoms with E-state index in [4.69, 9.17) is 9.47 Å². The highest BCUT2D eigenvalue weighted by Crippen LogP contribution is 2.14. The summed E-state index contributed by atoms with van der Waals surface area (Å²) in [5.41, 5.74) is 2.18. The van der Waals surface area contributed by atoms with Crippen molar-refractivity contribution in [1.82, 2.24) is 0 Å². The third kappa shape index (κ3) is 17.9.